The molecule has 0 saturated carbocycles. The van der Waals surface area contributed by atoms with Crippen molar-refractivity contribution in [1.29, 1.82) is 0 Å². The molecule has 0 fully saturated rings. The van der Waals surface area contributed by atoms with E-state index in [9.17, 15) is 0 Å². The van der Waals surface area contributed by atoms with E-state index in [4.69, 9.17) is 10.5 Å². The molecule has 0 aliphatic carbocycles. The predicted molar refractivity (Wildman–Crippen MR) is 67.6 cm³/mol. The van der Waals surface area contributed by atoms with Crippen LogP contribution in [0.5, 0.6) is 5.75 Å². The quantitative estimate of drug-likeness (QED) is 0.614. The molecule has 0 amide bonds. The van der Waals surface area contributed by atoms with Crippen LogP contribution in [-0.4, -0.2) is 12.4 Å². The molecule has 0 radical (unpaired) electrons. The monoisotopic (exact) mass is 225 g/mol. The van der Waals surface area contributed by atoms with Gasteiger partial charge in [0, 0.05) is 15.8 Å². The van der Waals surface area contributed by atoms with Crippen molar-refractivity contribution in [2.75, 3.05) is 12.8 Å². The third-order valence-corrected chi connectivity index (χ3v) is 3.49. The number of ether oxygens (including phenoxy) is 1. The van der Waals surface area contributed by atoms with E-state index in [1.54, 1.807) is 7.11 Å². The van der Waals surface area contributed by atoms with E-state index in [-0.39, 0.29) is 0 Å². The predicted octanol–water partition coefficient (Wildman–Crippen LogP) is 3.56. The molecule has 1 unspecified atom stereocenters. The Hall–Kier alpha value is -0.830. The van der Waals surface area contributed by atoms with Crippen LogP contribution < -0.4 is 10.5 Å². The number of methoxy groups -OCH3 is 1. The lowest BCUT2D eigenvalue weighted by Crippen LogP contribution is -1.97. The largest absolute Gasteiger partial charge is 0.497 e. The number of benzene rings is 1. The fourth-order valence-corrected chi connectivity index (χ4v) is 2.60. The fourth-order valence-electron chi connectivity index (χ4n) is 1.43. The molecule has 1 aromatic carbocycles. The van der Waals surface area contributed by atoms with E-state index in [1.807, 2.05) is 30.0 Å². The highest BCUT2D eigenvalue weighted by molar-refractivity contribution is 8.00. The third kappa shape index (κ3) is 3.67. The summed E-state index contributed by atoms with van der Waals surface area (Å²) in [4.78, 5) is 1.12. The summed E-state index contributed by atoms with van der Waals surface area (Å²) in [6.45, 7) is 4.43. The van der Waals surface area contributed by atoms with E-state index < -0.39 is 0 Å². The summed E-state index contributed by atoms with van der Waals surface area (Å²) in [6.07, 6.45) is 2.42. The Morgan fingerprint density at radius 3 is 2.80 bits per heavy atom. The van der Waals surface area contributed by atoms with Gasteiger partial charge in [-0.05, 0) is 24.6 Å². The van der Waals surface area contributed by atoms with E-state index >= 15 is 0 Å². The molecule has 1 atom stereocenters. The first-order valence-corrected chi connectivity index (χ1v) is 6.15. The minimum Gasteiger partial charge on any atom is -0.497 e. The normalized spacial score (nSPS) is 12.5. The van der Waals surface area contributed by atoms with Crippen LogP contribution in [0, 0.1) is 0 Å². The first kappa shape index (κ1) is 12.2. The first-order valence-electron chi connectivity index (χ1n) is 5.27. The molecule has 0 aliphatic rings. The lowest BCUT2D eigenvalue weighted by atomic mass is 10.3. The molecule has 0 heterocycles. The Kier molecular flexibility index (Phi) is 4.82. The average Bonchev–Trinajstić information content (AvgIpc) is 2.21. The van der Waals surface area contributed by atoms with Crippen molar-refractivity contribution in [3.8, 4) is 5.75 Å². The number of anilines is 1. The van der Waals surface area contributed by atoms with E-state index in [0.717, 1.165) is 16.3 Å². The molecule has 0 bridgehead atoms. The standard InChI is InChI=1S/C12H19NOS/c1-4-5-9(2)15-12-8-10(14-3)6-7-11(12)13/h6-9H,4-5,13H2,1-3H3. The molecule has 3 heteroatoms. The molecular weight excluding hydrogens is 206 g/mol. The van der Waals surface area contributed by atoms with Gasteiger partial charge in [0.05, 0.1) is 7.11 Å². The summed E-state index contributed by atoms with van der Waals surface area (Å²) < 4.78 is 5.18. The Labute approximate surface area is 96.2 Å². The maximum atomic E-state index is 5.91. The maximum absolute atomic E-state index is 5.91. The molecular formula is C12H19NOS. The fraction of sp³-hybridized carbons (Fsp3) is 0.500. The minimum atomic E-state index is 0.601. The van der Waals surface area contributed by atoms with Crippen LogP contribution in [0.25, 0.3) is 0 Å². The molecule has 1 rings (SSSR count). The molecule has 0 spiro atoms. The summed E-state index contributed by atoms with van der Waals surface area (Å²) in [5.41, 5.74) is 6.75. The number of hydrogen-bond acceptors (Lipinski definition) is 3. The van der Waals surface area contributed by atoms with Crippen LogP contribution in [0.2, 0.25) is 0 Å². The van der Waals surface area contributed by atoms with Gasteiger partial charge in [0.1, 0.15) is 5.75 Å². The zero-order valence-corrected chi connectivity index (χ0v) is 10.4. The lowest BCUT2D eigenvalue weighted by Gasteiger charge is -2.12. The van der Waals surface area contributed by atoms with Gasteiger partial charge in [0.2, 0.25) is 0 Å². The van der Waals surface area contributed by atoms with E-state index in [1.165, 1.54) is 12.8 Å². The van der Waals surface area contributed by atoms with E-state index in [2.05, 4.69) is 13.8 Å². The number of nitrogens with two attached hydrogens (primary N) is 1. The summed E-state index contributed by atoms with van der Waals surface area (Å²) in [5, 5.41) is 0.601. The third-order valence-electron chi connectivity index (χ3n) is 2.24. The number of nitrogen functional groups attached to an aromatic ring is 1. The first-order chi connectivity index (χ1) is 7.17. The van der Waals surface area contributed by atoms with Crippen molar-refractivity contribution in [1.82, 2.24) is 0 Å². The molecule has 0 saturated heterocycles. The molecule has 0 aliphatic heterocycles. The second kappa shape index (κ2) is 5.91. The second-order valence-corrected chi connectivity index (χ2v) is 5.10. The summed E-state index contributed by atoms with van der Waals surface area (Å²) in [5.74, 6) is 0.871. The van der Waals surface area contributed by atoms with Crippen molar-refractivity contribution >= 4 is 17.4 Å². The van der Waals surface area contributed by atoms with Crippen LogP contribution >= 0.6 is 11.8 Å². The van der Waals surface area contributed by atoms with Crippen LogP contribution in [0.1, 0.15) is 26.7 Å². The summed E-state index contributed by atoms with van der Waals surface area (Å²) in [6, 6.07) is 5.80. The summed E-state index contributed by atoms with van der Waals surface area (Å²) in [7, 11) is 1.68. The highest BCUT2D eigenvalue weighted by atomic mass is 32.2. The molecule has 2 nitrogen and oxygen atoms in total. The average molecular weight is 225 g/mol. The lowest BCUT2D eigenvalue weighted by molar-refractivity contribution is 0.414. The van der Waals surface area contributed by atoms with Gasteiger partial charge in [-0.3, -0.25) is 0 Å². The van der Waals surface area contributed by atoms with Crippen molar-refractivity contribution < 1.29 is 4.74 Å². The Bertz CT molecular complexity index is 314. The molecule has 15 heavy (non-hydrogen) atoms. The zero-order chi connectivity index (χ0) is 11.3. The van der Waals surface area contributed by atoms with Gasteiger partial charge in [-0.2, -0.15) is 0 Å². The number of rotatable bonds is 5. The molecule has 1 aromatic rings. The zero-order valence-electron chi connectivity index (χ0n) is 9.62. The minimum absolute atomic E-state index is 0.601. The molecule has 0 aromatic heterocycles. The van der Waals surface area contributed by atoms with E-state index in [0.29, 0.717) is 5.25 Å². The van der Waals surface area contributed by atoms with Gasteiger partial charge in [0.25, 0.3) is 0 Å². The maximum Gasteiger partial charge on any atom is 0.120 e. The van der Waals surface area contributed by atoms with Gasteiger partial charge in [0.15, 0.2) is 0 Å². The number of thioether (sulfide) groups is 1. The Morgan fingerprint density at radius 2 is 2.20 bits per heavy atom. The number of hydrogen-bond donors (Lipinski definition) is 1. The van der Waals surface area contributed by atoms with Crippen molar-refractivity contribution in [2.24, 2.45) is 0 Å². The molecule has 2 N–H and O–H groups in total. The van der Waals surface area contributed by atoms with Crippen molar-refractivity contribution in [3.63, 3.8) is 0 Å². The second-order valence-electron chi connectivity index (χ2n) is 3.62. The van der Waals surface area contributed by atoms with Crippen LogP contribution in [0.15, 0.2) is 23.1 Å². The SMILES string of the molecule is CCCC(C)Sc1cc(OC)ccc1N. The highest BCUT2D eigenvalue weighted by Gasteiger charge is 2.07. The van der Waals surface area contributed by atoms with Gasteiger partial charge >= 0.3 is 0 Å². The van der Waals surface area contributed by atoms with Crippen LogP contribution in [-0.2, 0) is 0 Å². The Morgan fingerprint density at radius 1 is 1.47 bits per heavy atom. The highest BCUT2D eigenvalue weighted by Crippen LogP contribution is 2.33. The van der Waals surface area contributed by atoms with Crippen molar-refractivity contribution in [2.45, 2.75) is 36.8 Å². The van der Waals surface area contributed by atoms with Crippen LogP contribution in [0.4, 0.5) is 5.69 Å². The summed E-state index contributed by atoms with van der Waals surface area (Å²) >= 11 is 1.82. The van der Waals surface area contributed by atoms with Gasteiger partial charge in [-0.15, -0.1) is 11.8 Å². The Balaban J connectivity index is 2.74. The topological polar surface area (TPSA) is 35.2 Å². The van der Waals surface area contributed by atoms with Crippen molar-refractivity contribution in [3.05, 3.63) is 18.2 Å². The van der Waals surface area contributed by atoms with Gasteiger partial charge < -0.3 is 10.5 Å². The molecule has 84 valence electrons. The smallest absolute Gasteiger partial charge is 0.120 e. The van der Waals surface area contributed by atoms with Gasteiger partial charge in [-0.1, -0.05) is 20.3 Å². The van der Waals surface area contributed by atoms with Gasteiger partial charge in [-0.25, -0.2) is 0 Å². The van der Waals surface area contributed by atoms with Crippen LogP contribution in [0.3, 0.4) is 0 Å².